The minimum Gasteiger partial charge on any atom is -0.385 e. The van der Waals surface area contributed by atoms with Gasteiger partial charge in [0.2, 0.25) is 11.8 Å². The number of carbonyl (C=O) groups is 2. The first kappa shape index (κ1) is 16.3. The number of nitrogens with one attached hydrogen (secondary N) is 1. The van der Waals surface area contributed by atoms with Gasteiger partial charge in [-0.2, -0.15) is 0 Å². The molecule has 0 aromatic rings. The molecule has 0 bridgehead atoms. The summed E-state index contributed by atoms with van der Waals surface area (Å²) in [5, 5.41) is 3.08. The molecule has 5 heteroatoms. The van der Waals surface area contributed by atoms with Gasteiger partial charge in [-0.1, -0.05) is 32.6 Å². The summed E-state index contributed by atoms with van der Waals surface area (Å²) in [5.74, 6) is 0.173. The predicted octanol–water partition coefficient (Wildman–Crippen LogP) is 1.85. The lowest BCUT2D eigenvalue weighted by Gasteiger charge is -2.47. The van der Waals surface area contributed by atoms with Crippen molar-refractivity contribution in [3.05, 3.63) is 0 Å². The number of methoxy groups -OCH3 is 1. The molecule has 1 aliphatic heterocycles. The van der Waals surface area contributed by atoms with Crippen molar-refractivity contribution in [2.24, 2.45) is 0 Å². The third kappa shape index (κ3) is 3.39. The summed E-state index contributed by atoms with van der Waals surface area (Å²) in [4.78, 5) is 27.3. The molecule has 21 heavy (non-hydrogen) atoms. The van der Waals surface area contributed by atoms with E-state index in [0.717, 1.165) is 51.4 Å². The van der Waals surface area contributed by atoms with E-state index in [-0.39, 0.29) is 17.9 Å². The Kier molecular flexibility index (Phi) is 5.62. The minimum atomic E-state index is -0.618. The van der Waals surface area contributed by atoms with Gasteiger partial charge in [-0.05, 0) is 25.7 Å². The molecule has 2 aliphatic rings. The van der Waals surface area contributed by atoms with Crippen LogP contribution in [0, 0.1) is 0 Å². The molecule has 0 aromatic heterocycles. The number of ether oxygens (including phenoxy) is 1. The van der Waals surface area contributed by atoms with E-state index in [1.807, 2.05) is 4.90 Å². The molecule has 1 heterocycles. The second-order valence-electron chi connectivity index (χ2n) is 6.28. The number of rotatable bonds is 6. The monoisotopic (exact) mass is 296 g/mol. The van der Waals surface area contributed by atoms with Crippen LogP contribution < -0.4 is 5.32 Å². The van der Waals surface area contributed by atoms with Gasteiger partial charge in [-0.3, -0.25) is 9.59 Å². The molecule has 2 amide bonds. The number of nitrogens with zero attached hydrogens (tertiary/aromatic N) is 1. The van der Waals surface area contributed by atoms with E-state index in [2.05, 4.69) is 12.2 Å². The third-order valence-electron chi connectivity index (χ3n) is 4.73. The normalized spacial score (nSPS) is 25.2. The first-order chi connectivity index (χ1) is 10.1. The van der Waals surface area contributed by atoms with E-state index in [4.69, 9.17) is 4.74 Å². The average molecular weight is 296 g/mol. The van der Waals surface area contributed by atoms with Gasteiger partial charge in [0, 0.05) is 20.3 Å². The van der Waals surface area contributed by atoms with E-state index in [1.165, 1.54) is 0 Å². The molecule has 1 atom stereocenters. The molecular weight excluding hydrogens is 268 g/mol. The number of amides is 2. The SMILES string of the molecule is CCCC1C(=O)NC2(CCCCC2)C(=O)N1CCCOC. The molecule has 2 rings (SSSR count). The molecule has 1 unspecified atom stereocenters. The second-order valence-corrected chi connectivity index (χ2v) is 6.28. The van der Waals surface area contributed by atoms with Crippen LogP contribution in [0.1, 0.15) is 58.3 Å². The number of hydrogen-bond donors (Lipinski definition) is 1. The summed E-state index contributed by atoms with van der Waals surface area (Å²) in [6.07, 6.45) is 7.21. The number of piperazine rings is 1. The molecule has 1 spiro atoms. The maximum Gasteiger partial charge on any atom is 0.249 e. The lowest BCUT2D eigenvalue weighted by molar-refractivity contribution is -0.157. The quantitative estimate of drug-likeness (QED) is 0.761. The summed E-state index contributed by atoms with van der Waals surface area (Å²) in [7, 11) is 1.66. The Morgan fingerprint density at radius 3 is 2.62 bits per heavy atom. The molecule has 1 saturated heterocycles. The highest BCUT2D eigenvalue weighted by atomic mass is 16.5. The highest BCUT2D eigenvalue weighted by Crippen LogP contribution is 2.34. The van der Waals surface area contributed by atoms with Gasteiger partial charge in [-0.25, -0.2) is 0 Å². The molecule has 0 aromatic carbocycles. The molecule has 1 N–H and O–H groups in total. The zero-order valence-corrected chi connectivity index (χ0v) is 13.3. The van der Waals surface area contributed by atoms with Crippen LogP contribution in [0.15, 0.2) is 0 Å². The highest BCUT2D eigenvalue weighted by Gasteiger charge is 2.50. The van der Waals surface area contributed by atoms with E-state index in [9.17, 15) is 9.59 Å². The Hall–Kier alpha value is -1.10. The van der Waals surface area contributed by atoms with Crippen molar-refractivity contribution in [3.8, 4) is 0 Å². The van der Waals surface area contributed by atoms with E-state index in [1.54, 1.807) is 7.11 Å². The van der Waals surface area contributed by atoms with E-state index >= 15 is 0 Å². The summed E-state index contributed by atoms with van der Waals surface area (Å²) < 4.78 is 5.09. The van der Waals surface area contributed by atoms with Crippen molar-refractivity contribution < 1.29 is 14.3 Å². The number of carbonyl (C=O) groups excluding carboxylic acids is 2. The predicted molar refractivity (Wildman–Crippen MR) is 80.9 cm³/mol. The smallest absolute Gasteiger partial charge is 0.249 e. The van der Waals surface area contributed by atoms with Gasteiger partial charge in [0.15, 0.2) is 0 Å². The van der Waals surface area contributed by atoms with Gasteiger partial charge in [0.05, 0.1) is 0 Å². The van der Waals surface area contributed by atoms with E-state index < -0.39 is 5.54 Å². The fourth-order valence-corrected chi connectivity index (χ4v) is 3.62. The van der Waals surface area contributed by atoms with Crippen molar-refractivity contribution in [1.29, 1.82) is 0 Å². The van der Waals surface area contributed by atoms with Gasteiger partial charge < -0.3 is 15.0 Å². The van der Waals surface area contributed by atoms with Crippen LogP contribution in [-0.2, 0) is 14.3 Å². The first-order valence-corrected chi connectivity index (χ1v) is 8.26. The van der Waals surface area contributed by atoms with Crippen LogP contribution in [0.5, 0.6) is 0 Å². The van der Waals surface area contributed by atoms with Crippen LogP contribution >= 0.6 is 0 Å². The van der Waals surface area contributed by atoms with Crippen LogP contribution in [0.2, 0.25) is 0 Å². The maximum absolute atomic E-state index is 13.0. The number of hydrogen-bond acceptors (Lipinski definition) is 3. The van der Waals surface area contributed by atoms with Crippen molar-refractivity contribution in [1.82, 2.24) is 10.2 Å². The molecular formula is C16H28N2O3. The molecule has 5 nitrogen and oxygen atoms in total. The Morgan fingerprint density at radius 1 is 1.29 bits per heavy atom. The molecule has 2 fully saturated rings. The Morgan fingerprint density at radius 2 is 2.00 bits per heavy atom. The van der Waals surface area contributed by atoms with Crippen LogP contribution in [-0.4, -0.2) is 48.6 Å². The van der Waals surface area contributed by atoms with Crippen molar-refractivity contribution >= 4 is 11.8 Å². The van der Waals surface area contributed by atoms with Crippen molar-refractivity contribution in [3.63, 3.8) is 0 Å². The summed E-state index contributed by atoms with van der Waals surface area (Å²) in [5.41, 5.74) is -0.618. The van der Waals surface area contributed by atoms with Crippen molar-refractivity contribution in [2.75, 3.05) is 20.3 Å². The first-order valence-electron chi connectivity index (χ1n) is 8.26. The zero-order chi connectivity index (χ0) is 15.3. The lowest BCUT2D eigenvalue weighted by atomic mass is 9.78. The molecule has 0 radical (unpaired) electrons. The van der Waals surface area contributed by atoms with Gasteiger partial charge in [0.1, 0.15) is 11.6 Å². The fraction of sp³-hybridized carbons (Fsp3) is 0.875. The molecule has 120 valence electrons. The minimum absolute atomic E-state index is 0.0377. The van der Waals surface area contributed by atoms with Crippen LogP contribution in [0.3, 0.4) is 0 Å². The topological polar surface area (TPSA) is 58.6 Å². The molecule has 1 aliphatic carbocycles. The van der Waals surface area contributed by atoms with Gasteiger partial charge in [0.25, 0.3) is 0 Å². The standard InChI is InChI=1S/C16H28N2O3/c1-3-8-13-14(19)17-16(9-5-4-6-10-16)15(20)18(13)11-7-12-21-2/h13H,3-12H2,1-2H3,(H,17,19). The maximum atomic E-state index is 13.0. The van der Waals surface area contributed by atoms with Gasteiger partial charge in [-0.15, -0.1) is 0 Å². The Balaban J connectivity index is 2.16. The Labute approximate surface area is 127 Å². The second kappa shape index (κ2) is 7.25. The van der Waals surface area contributed by atoms with Crippen LogP contribution in [0.4, 0.5) is 0 Å². The fourth-order valence-electron chi connectivity index (χ4n) is 3.62. The van der Waals surface area contributed by atoms with Crippen LogP contribution in [0.25, 0.3) is 0 Å². The zero-order valence-electron chi connectivity index (χ0n) is 13.3. The van der Waals surface area contributed by atoms with Gasteiger partial charge >= 0.3 is 0 Å². The summed E-state index contributed by atoms with van der Waals surface area (Å²) >= 11 is 0. The molecule has 1 saturated carbocycles. The van der Waals surface area contributed by atoms with E-state index in [0.29, 0.717) is 13.2 Å². The largest absolute Gasteiger partial charge is 0.385 e. The highest BCUT2D eigenvalue weighted by molar-refractivity contribution is 5.99. The third-order valence-corrected chi connectivity index (χ3v) is 4.73. The van der Waals surface area contributed by atoms with Crippen molar-refractivity contribution in [2.45, 2.75) is 69.9 Å². The summed E-state index contributed by atoms with van der Waals surface area (Å²) in [6, 6.07) is -0.299. The summed E-state index contributed by atoms with van der Waals surface area (Å²) in [6.45, 7) is 3.29. The Bertz CT molecular complexity index is 378. The lowest BCUT2D eigenvalue weighted by Crippen LogP contribution is -2.70. The average Bonchev–Trinajstić information content (AvgIpc) is 2.49.